The first-order valence-electron chi connectivity index (χ1n) is 8.78. The molecule has 2 heterocycles. The summed E-state index contributed by atoms with van der Waals surface area (Å²) in [7, 11) is 0. The van der Waals surface area contributed by atoms with Crippen molar-refractivity contribution in [3.8, 4) is 0 Å². The van der Waals surface area contributed by atoms with Gasteiger partial charge in [-0.25, -0.2) is 0 Å². The lowest BCUT2D eigenvalue weighted by Crippen LogP contribution is -3.13. The highest BCUT2D eigenvalue weighted by atomic mass is 16.3. The van der Waals surface area contributed by atoms with Crippen LogP contribution in [0.15, 0.2) is 47.1 Å². The first-order chi connectivity index (χ1) is 11.7. The average Bonchev–Trinajstić information content (AvgIpc) is 3.26. The molecule has 1 aliphatic rings. The van der Waals surface area contributed by atoms with E-state index in [1.165, 1.54) is 38.4 Å². The first kappa shape index (κ1) is 16.7. The smallest absolute Gasteiger partial charge is 0.221 e. The summed E-state index contributed by atoms with van der Waals surface area (Å²) >= 11 is 0. The molecule has 0 spiro atoms. The highest BCUT2D eigenvalue weighted by Gasteiger charge is 2.30. The molecule has 24 heavy (non-hydrogen) atoms. The van der Waals surface area contributed by atoms with Crippen LogP contribution in [0, 0.1) is 0 Å². The molecule has 1 aromatic heterocycles. The number of nitrogens with one attached hydrogen (secondary N) is 2. The summed E-state index contributed by atoms with van der Waals surface area (Å²) in [5.41, 5.74) is 2.11. The Labute approximate surface area is 143 Å². The van der Waals surface area contributed by atoms with E-state index in [2.05, 4.69) is 28.8 Å². The number of carbonyl (C=O) groups excluding carboxylic acids is 1. The van der Waals surface area contributed by atoms with E-state index in [0.29, 0.717) is 6.04 Å². The lowest BCUT2D eigenvalue weighted by molar-refractivity contribution is -0.936. The zero-order chi connectivity index (χ0) is 16.8. The van der Waals surface area contributed by atoms with Gasteiger partial charge in [-0.05, 0) is 24.3 Å². The number of amides is 1. The van der Waals surface area contributed by atoms with Crippen LogP contribution in [0.3, 0.4) is 0 Å². The van der Waals surface area contributed by atoms with Gasteiger partial charge in [-0.2, -0.15) is 0 Å². The van der Waals surface area contributed by atoms with E-state index >= 15 is 0 Å². The van der Waals surface area contributed by atoms with Gasteiger partial charge in [-0.15, -0.1) is 0 Å². The van der Waals surface area contributed by atoms with Crippen molar-refractivity contribution in [1.29, 1.82) is 0 Å². The van der Waals surface area contributed by atoms with Gasteiger partial charge in [0, 0.05) is 31.0 Å². The van der Waals surface area contributed by atoms with Crippen LogP contribution in [0.1, 0.15) is 37.1 Å². The summed E-state index contributed by atoms with van der Waals surface area (Å²) in [6, 6.07) is 12.6. The van der Waals surface area contributed by atoms with Crippen LogP contribution in [-0.4, -0.2) is 25.5 Å². The Morgan fingerprint density at radius 2 is 2.00 bits per heavy atom. The van der Waals surface area contributed by atoms with Crippen LogP contribution in [0.25, 0.3) is 0 Å². The summed E-state index contributed by atoms with van der Waals surface area (Å²) < 4.78 is 5.68. The van der Waals surface area contributed by atoms with Gasteiger partial charge >= 0.3 is 0 Å². The number of likely N-dealkylation sites (tertiary alicyclic amines) is 1. The monoisotopic (exact) mass is 329 g/mol. The Kier molecular flexibility index (Phi) is 5.67. The van der Waals surface area contributed by atoms with E-state index in [1.54, 1.807) is 11.2 Å². The fourth-order valence-corrected chi connectivity index (χ4v) is 3.50. The molecule has 2 aromatic rings. The highest BCUT2D eigenvalue weighted by molar-refractivity contribution is 5.88. The highest BCUT2D eigenvalue weighted by Crippen LogP contribution is 2.11. The maximum atomic E-state index is 11.1. The van der Waals surface area contributed by atoms with Gasteiger partial charge in [0.25, 0.3) is 0 Å². The van der Waals surface area contributed by atoms with Crippen LogP contribution in [0.4, 0.5) is 5.69 Å². The predicted octanol–water partition coefficient (Wildman–Crippen LogP) is 0.721. The van der Waals surface area contributed by atoms with Crippen molar-refractivity contribution in [2.24, 2.45) is 0 Å². The van der Waals surface area contributed by atoms with Crippen molar-refractivity contribution in [1.82, 2.24) is 0 Å². The quantitative estimate of drug-likeness (QED) is 0.701. The zero-order valence-corrected chi connectivity index (χ0v) is 14.3. The SMILES string of the molecule is CC(=O)Nc1ccc(C[NH2+]C[C@@H](c2ccco2)[NH+]2CCCC2)cc1. The molecule has 0 unspecified atom stereocenters. The molecule has 1 saturated heterocycles. The maximum Gasteiger partial charge on any atom is 0.221 e. The van der Waals surface area contributed by atoms with E-state index in [0.717, 1.165) is 24.5 Å². The number of benzene rings is 1. The number of quaternary nitrogens is 2. The predicted molar refractivity (Wildman–Crippen MR) is 92.6 cm³/mol. The van der Waals surface area contributed by atoms with E-state index < -0.39 is 0 Å². The molecule has 4 N–H and O–H groups in total. The third-order valence-electron chi connectivity index (χ3n) is 4.68. The van der Waals surface area contributed by atoms with Crippen molar-refractivity contribution >= 4 is 11.6 Å². The van der Waals surface area contributed by atoms with Crippen LogP contribution >= 0.6 is 0 Å². The van der Waals surface area contributed by atoms with Gasteiger partial charge in [-0.1, -0.05) is 12.1 Å². The molecule has 1 aliphatic heterocycles. The van der Waals surface area contributed by atoms with E-state index in [4.69, 9.17) is 4.42 Å². The minimum atomic E-state index is -0.0378. The normalized spacial score (nSPS) is 16.2. The third kappa shape index (κ3) is 4.46. The molecular weight excluding hydrogens is 302 g/mol. The largest absolute Gasteiger partial charge is 0.463 e. The minimum Gasteiger partial charge on any atom is -0.463 e. The maximum absolute atomic E-state index is 11.1. The van der Waals surface area contributed by atoms with Crippen molar-refractivity contribution in [2.75, 3.05) is 25.0 Å². The minimum absolute atomic E-state index is 0.0378. The molecule has 5 heteroatoms. The van der Waals surface area contributed by atoms with Gasteiger partial charge < -0.3 is 20.0 Å². The second kappa shape index (κ2) is 8.13. The Hall–Kier alpha value is -2.11. The van der Waals surface area contributed by atoms with Crippen LogP contribution in [0.5, 0.6) is 0 Å². The molecule has 1 aromatic carbocycles. The van der Waals surface area contributed by atoms with Crippen molar-refractivity contribution in [2.45, 2.75) is 32.4 Å². The molecule has 1 amide bonds. The Morgan fingerprint density at radius 1 is 1.25 bits per heavy atom. The Bertz CT molecular complexity index is 631. The van der Waals surface area contributed by atoms with Crippen LogP contribution in [-0.2, 0) is 11.3 Å². The number of rotatable bonds is 7. The van der Waals surface area contributed by atoms with Gasteiger partial charge in [0.2, 0.25) is 5.91 Å². The molecule has 0 aliphatic carbocycles. The first-order valence-corrected chi connectivity index (χ1v) is 8.78. The summed E-state index contributed by atoms with van der Waals surface area (Å²) in [5.74, 6) is 1.06. The molecule has 0 saturated carbocycles. The average molecular weight is 329 g/mol. The molecular formula is C19H27N3O2+2. The van der Waals surface area contributed by atoms with Gasteiger partial charge in [0.15, 0.2) is 11.8 Å². The number of furan rings is 1. The second-order valence-electron chi connectivity index (χ2n) is 6.54. The Balaban J connectivity index is 1.54. The zero-order valence-electron chi connectivity index (χ0n) is 14.3. The fourth-order valence-electron chi connectivity index (χ4n) is 3.50. The van der Waals surface area contributed by atoms with Gasteiger partial charge in [-0.3, -0.25) is 4.79 Å². The van der Waals surface area contributed by atoms with Crippen molar-refractivity contribution < 1.29 is 19.4 Å². The fraction of sp³-hybridized carbons (Fsp3) is 0.421. The molecule has 3 rings (SSSR count). The van der Waals surface area contributed by atoms with Gasteiger partial charge in [0.1, 0.15) is 13.1 Å². The molecule has 5 nitrogen and oxygen atoms in total. The van der Waals surface area contributed by atoms with Crippen LogP contribution in [0.2, 0.25) is 0 Å². The van der Waals surface area contributed by atoms with Crippen LogP contribution < -0.4 is 15.5 Å². The number of hydrogen-bond donors (Lipinski definition) is 3. The lowest BCUT2D eigenvalue weighted by Gasteiger charge is -2.21. The summed E-state index contributed by atoms with van der Waals surface area (Å²) in [6.45, 7) is 5.97. The molecule has 128 valence electrons. The molecule has 1 atom stereocenters. The summed E-state index contributed by atoms with van der Waals surface area (Å²) in [5, 5.41) is 5.15. The van der Waals surface area contributed by atoms with Crippen molar-refractivity contribution in [3.63, 3.8) is 0 Å². The number of carbonyl (C=O) groups is 1. The number of hydrogen-bond acceptors (Lipinski definition) is 2. The van der Waals surface area contributed by atoms with E-state index in [-0.39, 0.29) is 5.91 Å². The molecule has 0 bridgehead atoms. The van der Waals surface area contributed by atoms with Gasteiger partial charge in [0.05, 0.1) is 19.4 Å². The lowest BCUT2D eigenvalue weighted by atomic mass is 10.1. The number of anilines is 1. The number of nitrogens with two attached hydrogens (primary N) is 1. The topological polar surface area (TPSA) is 63.3 Å². The van der Waals surface area contributed by atoms with E-state index in [1.807, 2.05) is 18.2 Å². The Morgan fingerprint density at radius 3 is 2.62 bits per heavy atom. The molecule has 0 radical (unpaired) electrons. The molecule has 1 fully saturated rings. The van der Waals surface area contributed by atoms with E-state index in [9.17, 15) is 4.79 Å². The van der Waals surface area contributed by atoms with Crippen molar-refractivity contribution in [3.05, 3.63) is 54.0 Å². The summed E-state index contributed by atoms with van der Waals surface area (Å²) in [6.07, 6.45) is 4.41. The summed E-state index contributed by atoms with van der Waals surface area (Å²) in [4.78, 5) is 12.7. The third-order valence-corrected chi connectivity index (χ3v) is 4.68. The second-order valence-corrected chi connectivity index (χ2v) is 6.54. The standard InChI is InChI=1S/C19H25N3O2/c1-15(23)21-17-8-6-16(7-9-17)13-20-14-18(19-5-4-12-24-19)22-10-2-3-11-22/h4-9,12,18,20H,2-3,10-11,13-14H2,1H3,(H,21,23)/p+2/t18-/m0/s1.